The molecule has 9 nitrogen and oxygen atoms in total. The molecule has 2 heterocycles. The fraction of sp³-hybridized carbons (Fsp3) is 0.315. The molecule has 5 aromatic rings. The number of hydrogen-bond donors (Lipinski definition) is 2. The Labute approximate surface area is 383 Å². The van der Waals surface area contributed by atoms with E-state index in [1.54, 1.807) is 19.1 Å². The SMILES string of the molecule is CCN1/C(=C/C=C/C=C/C2=[N+](CCCCS(=O)(=O)[O-])c3ccc4ccccc4c3C2(C)C)C(C)(C)c2cc(CC(=O)NCCNC(=O)[C@@H](C)c3ccc(-c4ccccc4)c(F)c3)ccc21. The lowest BCUT2D eigenvalue weighted by Crippen LogP contribution is -2.37. The number of unbranched alkanes of at least 4 members (excludes halogenated alkanes) is 1. The molecule has 0 unspecified atom stereocenters. The molecular weight excluding hydrogens is 836 g/mol. The van der Waals surface area contributed by atoms with Crippen LogP contribution in [0.1, 0.15) is 82.6 Å². The number of amides is 2. The van der Waals surface area contributed by atoms with Gasteiger partial charge in [0.2, 0.25) is 17.5 Å². The Hall–Kier alpha value is -6.17. The standard InChI is InChI=1S/C54H59FN4O5S/c1-7-58-46-28-24-38(35-50(60)56-30-31-57-52(61)37(2)41-25-27-42(45(55)36-41)39-18-10-8-11-19-39)34-44(46)53(3,4)48(58)22-12-9-13-23-49-54(5,6)51-43-21-15-14-20-40(43)26-29-47(51)59(49)32-16-17-33-65(62,63)64/h8-15,18-29,34,36-37H,7,16-17,30-33,35H2,1-6H3,(H2-,56,57,60,61,62,63,64)/t37-/m0/s1. The first-order valence-electron chi connectivity index (χ1n) is 22.5. The maximum atomic E-state index is 15.0. The van der Waals surface area contributed by atoms with Crippen molar-refractivity contribution in [3.8, 4) is 11.1 Å². The second-order valence-corrected chi connectivity index (χ2v) is 19.5. The van der Waals surface area contributed by atoms with Crippen LogP contribution in [0.5, 0.6) is 0 Å². The number of nitrogens with one attached hydrogen (secondary N) is 2. The average molecular weight is 895 g/mol. The number of likely N-dealkylation sites (N-methyl/N-ethyl adjacent to an activating group) is 1. The highest BCUT2D eigenvalue weighted by molar-refractivity contribution is 7.85. The van der Waals surface area contributed by atoms with Crippen molar-refractivity contribution in [2.75, 3.05) is 36.8 Å². The van der Waals surface area contributed by atoms with Crippen molar-refractivity contribution in [2.45, 2.75) is 77.6 Å². The summed E-state index contributed by atoms with van der Waals surface area (Å²) in [6, 6.07) is 33.0. The number of anilines is 1. The van der Waals surface area contributed by atoms with Gasteiger partial charge < -0.3 is 20.1 Å². The molecule has 0 bridgehead atoms. The quantitative estimate of drug-likeness (QED) is 0.0415. The molecule has 5 aromatic carbocycles. The zero-order valence-corrected chi connectivity index (χ0v) is 39.0. The molecule has 11 heteroatoms. The molecular formula is C54H59FN4O5S. The lowest BCUT2D eigenvalue weighted by molar-refractivity contribution is -0.438. The predicted molar refractivity (Wildman–Crippen MR) is 259 cm³/mol. The fourth-order valence-corrected chi connectivity index (χ4v) is 10.0. The zero-order chi connectivity index (χ0) is 46.5. The normalized spacial score (nSPS) is 16.4. The van der Waals surface area contributed by atoms with Crippen molar-refractivity contribution < 1.29 is 31.5 Å². The van der Waals surface area contributed by atoms with Crippen LogP contribution >= 0.6 is 0 Å². The van der Waals surface area contributed by atoms with E-state index in [1.807, 2.05) is 48.5 Å². The second kappa shape index (κ2) is 19.5. The number of carbonyl (C=O) groups excluding carboxylic acids is 2. The van der Waals surface area contributed by atoms with Crippen molar-refractivity contribution in [3.63, 3.8) is 0 Å². The van der Waals surface area contributed by atoms with Gasteiger partial charge in [0.05, 0.1) is 27.9 Å². The van der Waals surface area contributed by atoms with Gasteiger partial charge in [0.25, 0.3) is 0 Å². The minimum absolute atomic E-state index is 0.145. The number of allylic oxidation sites excluding steroid dienone is 6. The average Bonchev–Trinajstić information content (AvgIpc) is 3.63. The van der Waals surface area contributed by atoms with Gasteiger partial charge in [0.15, 0.2) is 5.71 Å². The highest BCUT2D eigenvalue weighted by atomic mass is 32.2. The van der Waals surface area contributed by atoms with E-state index in [0.29, 0.717) is 30.5 Å². The fourth-order valence-electron chi connectivity index (χ4n) is 9.45. The van der Waals surface area contributed by atoms with Gasteiger partial charge in [-0.05, 0) is 91.4 Å². The molecule has 7 rings (SSSR count). The van der Waals surface area contributed by atoms with E-state index in [-0.39, 0.29) is 53.7 Å². The number of hydrogen-bond acceptors (Lipinski definition) is 6. The molecule has 2 aliphatic rings. The Morgan fingerprint density at radius 2 is 1.58 bits per heavy atom. The van der Waals surface area contributed by atoms with Gasteiger partial charge in [-0.1, -0.05) is 111 Å². The van der Waals surface area contributed by atoms with Crippen LogP contribution in [0.2, 0.25) is 0 Å². The largest absolute Gasteiger partial charge is 0.748 e. The van der Waals surface area contributed by atoms with Gasteiger partial charge in [-0.3, -0.25) is 9.59 Å². The van der Waals surface area contributed by atoms with E-state index in [1.165, 1.54) is 17.0 Å². The van der Waals surface area contributed by atoms with E-state index in [9.17, 15) is 27.0 Å². The molecule has 0 saturated heterocycles. The summed E-state index contributed by atoms with van der Waals surface area (Å²) < 4.78 is 51.3. The number of nitrogens with zero attached hydrogens (tertiary/aromatic N) is 2. The van der Waals surface area contributed by atoms with Crippen LogP contribution in [0.25, 0.3) is 21.9 Å². The second-order valence-electron chi connectivity index (χ2n) is 18.0. The summed E-state index contributed by atoms with van der Waals surface area (Å²) >= 11 is 0. The summed E-state index contributed by atoms with van der Waals surface area (Å²) in [7, 11) is -4.27. The number of halogens is 1. The van der Waals surface area contributed by atoms with Crippen molar-refractivity contribution in [1.82, 2.24) is 10.6 Å². The van der Waals surface area contributed by atoms with E-state index < -0.39 is 16.0 Å². The molecule has 0 radical (unpaired) electrons. The molecule has 0 fully saturated rings. The molecule has 1 atom stereocenters. The molecule has 2 aliphatic heterocycles. The van der Waals surface area contributed by atoms with Gasteiger partial charge in [-0.2, -0.15) is 4.58 Å². The molecule has 0 saturated carbocycles. The van der Waals surface area contributed by atoms with Crippen LogP contribution < -0.4 is 15.5 Å². The third kappa shape index (κ3) is 10.2. The summed E-state index contributed by atoms with van der Waals surface area (Å²) in [6.45, 7) is 14.6. The van der Waals surface area contributed by atoms with Gasteiger partial charge >= 0.3 is 0 Å². The maximum absolute atomic E-state index is 15.0. The van der Waals surface area contributed by atoms with Gasteiger partial charge in [-0.15, -0.1) is 0 Å². The zero-order valence-electron chi connectivity index (χ0n) is 38.2. The molecule has 338 valence electrons. The topological polar surface area (TPSA) is 122 Å². The van der Waals surface area contributed by atoms with Crippen LogP contribution in [-0.4, -0.2) is 67.0 Å². The predicted octanol–water partition coefficient (Wildman–Crippen LogP) is 9.74. The molecule has 2 N–H and O–H groups in total. The Morgan fingerprint density at radius 1 is 0.846 bits per heavy atom. The minimum Gasteiger partial charge on any atom is -0.748 e. The summed E-state index contributed by atoms with van der Waals surface area (Å²) in [5.41, 5.74) is 8.89. The Morgan fingerprint density at radius 3 is 2.32 bits per heavy atom. The smallest absolute Gasteiger partial charge is 0.227 e. The number of benzene rings is 5. The van der Waals surface area contributed by atoms with Gasteiger partial charge in [0.1, 0.15) is 12.4 Å². The molecule has 0 aromatic heterocycles. The Bertz CT molecular complexity index is 2840. The summed E-state index contributed by atoms with van der Waals surface area (Å²) in [6.07, 6.45) is 11.5. The Balaban J connectivity index is 0.976. The Kier molecular flexibility index (Phi) is 14.1. The van der Waals surface area contributed by atoms with E-state index in [2.05, 4.69) is 121 Å². The maximum Gasteiger partial charge on any atom is 0.227 e. The number of carbonyl (C=O) groups is 2. The minimum atomic E-state index is -4.27. The van der Waals surface area contributed by atoms with Crippen molar-refractivity contribution in [1.29, 1.82) is 0 Å². The van der Waals surface area contributed by atoms with Crippen LogP contribution in [0.3, 0.4) is 0 Å². The highest BCUT2D eigenvalue weighted by Crippen LogP contribution is 2.48. The molecule has 2 amide bonds. The van der Waals surface area contributed by atoms with Gasteiger partial charge in [-0.25, -0.2) is 12.8 Å². The first kappa shape index (κ1) is 46.8. The van der Waals surface area contributed by atoms with E-state index in [4.69, 9.17) is 0 Å². The summed E-state index contributed by atoms with van der Waals surface area (Å²) in [5.74, 6) is -1.70. The van der Waals surface area contributed by atoms with Crippen molar-refractivity contribution in [2.24, 2.45) is 0 Å². The van der Waals surface area contributed by atoms with Crippen LogP contribution in [0, 0.1) is 5.82 Å². The number of rotatable bonds is 17. The third-order valence-electron chi connectivity index (χ3n) is 12.9. The van der Waals surface area contributed by atoms with Crippen LogP contribution in [-0.2, 0) is 37.0 Å². The van der Waals surface area contributed by atoms with Crippen molar-refractivity contribution >= 4 is 49.8 Å². The van der Waals surface area contributed by atoms with Gasteiger partial charge in [0, 0.05) is 71.9 Å². The molecule has 65 heavy (non-hydrogen) atoms. The van der Waals surface area contributed by atoms with E-state index in [0.717, 1.165) is 51.4 Å². The summed E-state index contributed by atoms with van der Waals surface area (Å²) in [5, 5.41) is 8.14. The number of fused-ring (bicyclic) bond motifs is 4. The molecule has 0 aliphatic carbocycles. The van der Waals surface area contributed by atoms with E-state index >= 15 is 0 Å². The molecule has 0 spiro atoms. The van der Waals surface area contributed by atoms with Crippen molar-refractivity contribution in [3.05, 3.63) is 167 Å². The lowest BCUT2D eigenvalue weighted by atomic mass is 9.79. The first-order valence-corrected chi connectivity index (χ1v) is 24.1. The van der Waals surface area contributed by atoms with Crippen LogP contribution in [0.15, 0.2) is 139 Å². The monoisotopic (exact) mass is 894 g/mol. The summed E-state index contributed by atoms with van der Waals surface area (Å²) in [4.78, 5) is 28.3. The first-order chi connectivity index (χ1) is 31.0. The third-order valence-corrected chi connectivity index (χ3v) is 13.7. The lowest BCUT2D eigenvalue weighted by Gasteiger charge is -2.25. The van der Waals surface area contributed by atoms with Crippen LogP contribution in [0.4, 0.5) is 15.8 Å². The highest BCUT2D eigenvalue weighted by Gasteiger charge is 2.45.